The van der Waals surface area contributed by atoms with Crippen molar-refractivity contribution in [1.82, 2.24) is 0 Å². The molecule has 0 aromatic heterocycles. The van der Waals surface area contributed by atoms with E-state index in [0.29, 0.717) is 5.03 Å². The number of amides is 1. The van der Waals surface area contributed by atoms with E-state index in [2.05, 4.69) is 4.99 Å². The number of hydrogen-bond acceptors (Lipinski definition) is 1. The molecule has 3 heteroatoms. The lowest BCUT2D eigenvalue weighted by Gasteiger charge is -2.14. The lowest BCUT2D eigenvalue weighted by molar-refractivity contribution is -0.113. The average molecular weight is 180 g/mol. The van der Waals surface area contributed by atoms with Gasteiger partial charge in [-0.15, -0.1) is 0 Å². The van der Waals surface area contributed by atoms with E-state index in [1.54, 1.807) is 18.2 Å². The number of rotatable bonds is 0. The van der Waals surface area contributed by atoms with Gasteiger partial charge in [0, 0.05) is 17.0 Å². The monoisotopic (exact) mass is 179 g/mol. The van der Waals surface area contributed by atoms with E-state index in [1.807, 2.05) is 6.08 Å². The Kier molecular flexibility index (Phi) is 1.70. The Morgan fingerprint density at radius 2 is 2.17 bits per heavy atom. The van der Waals surface area contributed by atoms with Crippen LogP contribution in [-0.2, 0) is 4.79 Å². The zero-order chi connectivity index (χ0) is 8.55. The number of carbonyl (C=O) groups is 1. The van der Waals surface area contributed by atoms with Crippen molar-refractivity contribution in [3.63, 3.8) is 0 Å². The maximum atomic E-state index is 10.8. The summed E-state index contributed by atoms with van der Waals surface area (Å²) >= 11 is 5.77. The van der Waals surface area contributed by atoms with Gasteiger partial charge in [0.25, 0.3) is 5.91 Å². The van der Waals surface area contributed by atoms with Gasteiger partial charge in [-0.25, -0.2) is 4.99 Å². The maximum Gasteiger partial charge on any atom is 0.269 e. The molecule has 0 bridgehead atoms. The Labute approximate surface area is 74.9 Å². The van der Waals surface area contributed by atoms with Crippen molar-refractivity contribution in [3.8, 4) is 0 Å². The van der Waals surface area contributed by atoms with E-state index in [1.165, 1.54) is 6.08 Å². The van der Waals surface area contributed by atoms with Crippen LogP contribution in [-0.4, -0.2) is 11.6 Å². The van der Waals surface area contributed by atoms with Crippen LogP contribution in [0.15, 0.2) is 40.4 Å². The van der Waals surface area contributed by atoms with Gasteiger partial charge in [-0.1, -0.05) is 23.8 Å². The van der Waals surface area contributed by atoms with E-state index in [4.69, 9.17) is 11.6 Å². The molecule has 0 aromatic rings. The fourth-order valence-electron chi connectivity index (χ4n) is 1.21. The molecular formula is C9H6ClNO. The Hall–Kier alpha value is -1.15. The Morgan fingerprint density at radius 1 is 1.33 bits per heavy atom. The zero-order valence-corrected chi connectivity index (χ0v) is 6.95. The molecule has 1 heterocycles. The summed E-state index contributed by atoms with van der Waals surface area (Å²) in [6.07, 6.45) is 8.64. The number of halogens is 1. The molecule has 0 radical (unpaired) electrons. The molecule has 1 atom stereocenters. The summed E-state index contributed by atoms with van der Waals surface area (Å²) in [6.45, 7) is 0. The molecule has 0 N–H and O–H groups in total. The van der Waals surface area contributed by atoms with Crippen LogP contribution in [0.2, 0.25) is 0 Å². The van der Waals surface area contributed by atoms with Gasteiger partial charge in [-0.2, -0.15) is 0 Å². The summed E-state index contributed by atoms with van der Waals surface area (Å²) in [6, 6.07) is 0. The van der Waals surface area contributed by atoms with Crippen LogP contribution in [0.5, 0.6) is 0 Å². The molecule has 1 aliphatic heterocycles. The van der Waals surface area contributed by atoms with Crippen molar-refractivity contribution in [2.75, 3.05) is 0 Å². The van der Waals surface area contributed by atoms with Crippen LogP contribution in [0.25, 0.3) is 0 Å². The molecule has 1 aliphatic carbocycles. The van der Waals surface area contributed by atoms with Gasteiger partial charge in [0.05, 0.1) is 5.71 Å². The molecule has 0 saturated heterocycles. The lowest BCUT2D eigenvalue weighted by atomic mass is 9.96. The fraction of sp³-hybridized carbons (Fsp3) is 0.111. The first kappa shape index (κ1) is 7.50. The second-order valence-electron chi connectivity index (χ2n) is 2.64. The van der Waals surface area contributed by atoms with Crippen molar-refractivity contribution in [2.45, 2.75) is 0 Å². The molecule has 1 unspecified atom stereocenters. The van der Waals surface area contributed by atoms with Crippen molar-refractivity contribution >= 4 is 23.2 Å². The molecule has 0 aromatic carbocycles. The zero-order valence-electron chi connectivity index (χ0n) is 6.20. The summed E-state index contributed by atoms with van der Waals surface area (Å²) < 4.78 is 0. The second kappa shape index (κ2) is 2.72. The first-order valence-electron chi connectivity index (χ1n) is 3.62. The molecule has 2 aliphatic rings. The third kappa shape index (κ3) is 1.25. The molecule has 0 saturated carbocycles. The first-order valence-corrected chi connectivity index (χ1v) is 3.99. The van der Waals surface area contributed by atoms with Gasteiger partial charge >= 0.3 is 0 Å². The number of dihydropyridines is 1. The lowest BCUT2D eigenvalue weighted by Crippen LogP contribution is -2.16. The van der Waals surface area contributed by atoms with Crippen molar-refractivity contribution in [3.05, 3.63) is 35.4 Å². The summed E-state index contributed by atoms with van der Waals surface area (Å²) in [5.74, 6) is -0.113. The molecule has 0 spiro atoms. The maximum absolute atomic E-state index is 10.8. The normalized spacial score (nSPS) is 26.4. The standard InChI is InChI=1S/C9H6ClNO/c10-7-2-3-8-6(5-7)1-4-9(12)11-8/h1-6H. The molecule has 1 amide bonds. The number of hydrogen-bond donors (Lipinski definition) is 0. The van der Waals surface area contributed by atoms with Crippen molar-refractivity contribution in [2.24, 2.45) is 10.9 Å². The van der Waals surface area contributed by atoms with Gasteiger partial charge in [-0.05, 0) is 12.2 Å². The third-order valence-electron chi connectivity index (χ3n) is 1.78. The molecule has 2 rings (SSSR count). The van der Waals surface area contributed by atoms with Crippen LogP contribution in [0.3, 0.4) is 0 Å². The smallest absolute Gasteiger partial charge is 0.267 e. The quantitative estimate of drug-likeness (QED) is 0.558. The molecule has 60 valence electrons. The van der Waals surface area contributed by atoms with Crippen LogP contribution in [0.4, 0.5) is 0 Å². The van der Waals surface area contributed by atoms with E-state index in [0.717, 1.165) is 5.71 Å². The molecule has 0 fully saturated rings. The van der Waals surface area contributed by atoms with Crippen molar-refractivity contribution < 1.29 is 4.79 Å². The fourth-order valence-corrected chi connectivity index (χ4v) is 1.40. The van der Waals surface area contributed by atoms with Gasteiger partial charge < -0.3 is 0 Å². The highest BCUT2D eigenvalue weighted by Gasteiger charge is 2.16. The third-order valence-corrected chi connectivity index (χ3v) is 2.03. The number of nitrogens with zero attached hydrogens (tertiary/aromatic N) is 1. The van der Waals surface area contributed by atoms with Crippen LogP contribution in [0.1, 0.15) is 0 Å². The highest BCUT2D eigenvalue weighted by molar-refractivity contribution is 6.32. The van der Waals surface area contributed by atoms with E-state index < -0.39 is 0 Å². The minimum absolute atomic E-state index is 0.0835. The minimum atomic E-state index is -0.197. The highest BCUT2D eigenvalue weighted by atomic mass is 35.5. The SMILES string of the molecule is O=C1C=CC2C=C(Cl)C=CC2=N1. The highest BCUT2D eigenvalue weighted by Crippen LogP contribution is 2.20. The predicted octanol–water partition coefficient (Wildman–Crippen LogP) is 1.83. The van der Waals surface area contributed by atoms with E-state index >= 15 is 0 Å². The molecule has 2 nitrogen and oxygen atoms in total. The van der Waals surface area contributed by atoms with Crippen molar-refractivity contribution in [1.29, 1.82) is 0 Å². The number of carbonyl (C=O) groups excluding carboxylic acids is 1. The molecule has 12 heavy (non-hydrogen) atoms. The van der Waals surface area contributed by atoms with E-state index in [-0.39, 0.29) is 11.8 Å². The van der Waals surface area contributed by atoms with Crippen LogP contribution < -0.4 is 0 Å². The summed E-state index contributed by atoms with van der Waals surface area (Å²) in [5, 5.41) is 0.693. The number of aliphatic imine (C=N–C) groups is 1. The van der Waals surface area contributed by atoms with Gasteiger partial charge in [-0.3, -0.25) is 4.79 Å². The van der Waals surface area contributed by atoms with Gasteiger partial charge in [0.1, 0.15) is 0 Å². The second-order valence-corrected chi connectivity index (χ2v) is 3.08. The number of allylic oxidation sites excluding steroid dienone is 5. The molecular weight excluding hydrogens is 174 g/mol. The minimum Gasteiger partial charge on any atom is -0.267 e. The average Bonchev–Trinajstić information content (AvgIpc) is 2.05. The first-order chi connectivity index (χ1) is 5.75. The number of fused-ring (bicyclic) bond motifs is 1. The summed E-state index contributed by atoms with van der Waals surface area (Å²) in [5.41, 5.74) is 0.770. The Bertz CT molecular complexity index is 350. The topological polar surface area (TPSA) is 29.4 Å². The summed E-state index contributed by atoms with van der Waals surface area (Å²) in [7, 11) is 0. The van der Waals surface area contributed by atoms with Gasteiger partial charge in [0.15, 0.2) is 0 Å². The predicted molar refractivity (Wildman–Crippen MR) is 48.1 cm³/mol. The van der Waals surface area contributed by atoms with E-state index in [9.17, 15) is 4.79 Å². The summed E-state index contributed by atoms with van der Waals surface area (Å²) in [4.78, 5) is 14.7. The van der Waals surface area contributed by atoms with Crippen LogP contribution in [0, 0.1) is 5.92 Å². The van der Waals surface area contributed by atoms with Gasteiger partial charge in [0.2, 0.25) is 0 Å². The van der Waals surface area contributed by atoms with Crippen LogP contribution >= 0.6 is 11.6 Å². The Morgan fingerprint density at radius 3 is 3.00 bits per heavy atom. The Balaban J connectivity index is 2.38. The largest absolute Gasteiger partial charge is 0.269 e.